The second-order valence-electron chi connectivity index (χ2n) is 4.51. The van der Waals surface area contributed by atoms with Crippen molar-refractivity contribution < 1.29 is 0 Å². The maximum Gasteiger partial charge on any atom is 0.124 e. The van der Waals surface area contributed by atoms with Gasteiger partial charge in [-0.3, -0.25) is 0 Å². The fraction of sp³-hybridized carbons (Fsp3) is 0.500. The molecule has 0 atom stereocenters. The third kappa shape index (κ3) is 2.63. The molecule has 0 amide bonds. The lowest BCUT2D eigenvalue weighted by Crippen LogP contribution is -2.02. The SMILES string of the molecule is CCCCCn1c(CCl)nc2ccc(C)cc21. The zero-order valence-corrected chi connectivity index (χ0v) is 11.3. The summed E-state index contributed by atoms with van der Waals surface area (Å²) in [5.74, 6) is 1.48. The number of fused-ring (bicyclic) bond motifs is 1. The molecular formula is C14H19ClN2. The van der Waals surface area contributed by atoms with Crippen molar-refractivity contribution in [1.29, 1.82) is 0 Å². The van der Waals surface area contributed by atoms with Crippen molar-refractivity contribution in [1.82, 2.24) is 9.55 Å². The molecule has 0 fully saturated rings. The first-order valence-electron chi connectivity index (χ1n) is 6.28. The van der Waals surface area contributed by atoms with Crippen LogP contribution < -0.4 is 0 Å². The van der Waals surface area contributed by atoms with Crippen LogP contribution in [0.5, 0.6) is 0 Å². The predicted molar refractivity (Wildman–Crippen MR) is 73.6 cm³/mol. The topological polar surface area (TPSA) is 17.8 Å². The van der Waals surface area contributed by atoms with Crippen LogP contribution in [0.1, 0.15) is 37.6 Å². The molecule has 0 aliphatic carbocycles. The van der Waals surface area contributed by atoms with Crippen LogP contribution in [-0.2, 0) is 12.4 Å². The molecule has 0 saturated heterocycles. The lowest BCUT2D eigenvalue weighted by atomic mass is 10.2. The minimum Gasteiger partial charge on any atom is -0.327 e. The van der Waals surface area contributed by atoms with Crippen molar-refractivity contribution in [3.63, 3.8) is 0 Å². The van der Waals surface area contributed by atoms with Crippen LogP contribution in [0, 0.1) is 6.92 Å². The zero-order valence-electron chi connectivity index (χ0n) is 10.5. The van der Waals surface area contributed by atoms with Crippen LogP contribution in [0.2, 0.25) is 0 Å². The molecule has 0 N–H and O–H groups in total. The lowest BCUT2D eigenvalue weighted by molar-refractivity contribution is 0.600. The van der Waals surface area contributed by atoms with Gasteiger partial charge in [0.1, 0.15) is 5.82 Å². The number of hydrogen-bond acceptors (Lipinski definition) is 1. The Morgan fingerprint density at radius 3 is 2.82 bits per heavy atom. The Hall–Kier alpha value is -1.02. The van der Waals surface area contributed by atoms with E-state index in [1.165, 1.54) is 30.3 Å². The molecule has 1 aromatic heterocycles. The summed E-state index contributed by atoms with van der Waals surface area (Å²) in [5, 5.41) is 0. The number of unbranched alkanes of at least 4 members (excludes halogenated alkanes) is 2. The highest BCUT2D eigenvalue weighted by Gasteiger charge is 2.09. The van der Waals surface area contributed by atoms with Crippen LogP contribution in [0.4, 0.5) is 0 Å². The smallest absolute Gasteiger partial charge is 0.124 e. The van der Waals surface area contributed by atoms with Crippen molar-refractivity contribution in [3.05, 3.63) is 29.6 Å². The van der Waals surface area contributed by atoms with Gasteiger partial charge in [0.2, 0.25) is 0 Å². The molecule has 0 unspecified atom stereocenters. The second-order valence-corrected chi connectivity index (χ2v) is 4.78. The Balaban J connectivity index is 2.38. The number of rotatable bonds is 5. The van der Waals surface area contributed by atoms with E-state index in [4.69, 9.17) is 11.6 Å². The third-order valence-corrected chi connectivity index (χ3v) is 3.33. The molecule has 2 nitrogen and oxygen atoms in total. The van der Waals surface area contributed by atoms with Crippen LogP contribution in [0.25, 0.3) is 11.0 Å². The van der Waals surface area contributed by atoms with Crippen molar-refractivity contribution in [2.75, 3.05) is 0 Å². The van der Waals surface area contributed by atoms with Gasteiger partial charge < -0.3 is 4.57 Å². The van der Waals surface area contributed by atoms with Gasteiger partial charge >= 0.3 is 0 Å². The van der Waals surface area contributed by atoms with Gasteiger partial charge in [0, 0.05) is 6.54 Å². The number of aryl methyl sites for hydroxylation is 2. The Labute approximate surface area is 108 Å². The second kappa shape index (κ2) is 5.54. The van der Waals surface area contributed by atoms with E-state index in [9.17, 15) is 0 Å². The average Bonchev–Trinajstić information content (AvgIpc) is 2.67. The number of nitrogens with zero attached hydrogens (tertiary/aromatic N) is 2. The summed E-state index contributed by atoms with van der Waals surface area (Å²) in [6, 6.07) is 6.38. The predicted octanol–water partition coefficient (Wildman–Crippen LogP) is 4.27. The van der Waals surface area contributed by atoms with Crippen LogP contribution in [-0.4, -0.2) is 9.55 Å². The normalized spacial score (nSPS) is 11.2. The van der Waals surface area contributed by atoms with Gasteiger partial charge in [0.15, 0.2) is 0 Å². The molecule has 17 heavy (non-hydrogen) atoms. The van der Waals surface area contributed by atoms with Crippen molar-refractivity contribution >= 4 is 22.6 Å². The van der Waals surface area contributed by atoms with E-state index < -0.39 is 0 Å². The number of hydrogen-bond donors (Lipinski definition) is 0. The van der Waals surface area contributed by atoms with Crippen molar-refractivity contribution in [2.45, 2.75) is 45.5 Å². The van der Waals surface area contributed by atoms with Crippen molar-refractivity contribution in [3.8, 4) is 0 Å². The van der Waals surface area contributed by atoms with E-state index >= 15 is 0 Å². The van der Waals surface area contributed by atoms with Crippen LogP contribution >= 0.6 is 11.6 Å². The molecule has 0 bridgehead atoms. The summed E-state index contributed by atoms with van der Waals surface area (Å²) >= 11 is 5.97. The average molecular weight is 251 g/mol. The summed E-state index contributed by atoms with van der Waals surface area (Å²) in [6.07, 6.45) is 3.69. The maximum absolute atomic E-state index is 5.97. The molecule has 0 aliphatic rings. The van der Waals surface area contributed by atoms with E-state index in [0.29, 0.717) is 5.88 Å². The summed E-state index contributed by atoms with van der Waals surface area (Å²) in [4.78, 5) is 4.58. The largest absolute Gasteiger partial charge is 0.327 e. The highest BCUT2D eigenvalue weighted by Crippen LogP contribution is 2.20. The summed E-state index contributed by atoms with van der Waals surface area (Å²) < 4.78 is 2.27. The first-order chi connectivity index (χ1) is 8.26. The van der Waals surface area contributed by atoms with E-state index in [-0.39, 0.29) is 0 Å². The van der Waals surface area contributed by atoms with Gasteiger partial charge in [-0.25, -0.2) is 4.98 Å². The molecule has 2 aromatic rings. The zero-order chi connectivity index (χ0) is 12.3. The number of benzene rings is 1. The van der Waals surface area contributed by atoms with Crippen LogP contribution in [0.3, 0.4) is 0 Å². The van der Waals surface area contributed by atoms with Gasteiger partial charge in [0.25, 0.3) is 0 Å². The fourth-order valence-corrected chi connectivity index (χ4v) is 2.36. The van der Waals surface area contributed by atoms with Gasteiger partial charge in [-0.05, 0) is 31.0 Å². The third-order valence-electron chi connectivity index (χ3n) is 3.09. The monoisotopic (exact) mass is 250 g/mol. The van der Waals surface area contributed by atoms with Gasteiger partial charge in [-0.1, -0.05) is 25.8 Å². The molecule has 0 aliphatic heterocycles. The lowest BCUT2D eigenvalue weighted by Gasteiger charge is -2.07. The molecule has 0 spiro atoms. The Bertz CT molecular complexity index is 502. The standard InChI is InChI=1S/C14H19ClN2/c1-3-4-5-8-17-13-9-11(2)6-7-12(13)16-14(17)10-15/h6-7,9H,3-5,8,10H2,1-2H3. The molecule has 0 saturated carbocycles. The van der Waals surface area contributed by atoms with Gasteiger partial charge in [0.05, 0.1) is 16.9 Å². The molecule has 2 rings (SSSR count). The molecule has 1 aromatic carbocycles. The molecule has 1 heterocycles. The van der Waals surface area contributed by atoms with E-state index in [1.807, 2.05) is 0 Å². The van der Waals surface area contributed by atoms with Gasteiger partial charge in [-0.2, -0.15) is 0 Å². The van der Waals surface area contributed by atoms with E-state index in [1.54, 1.807) is 0 Å². The maximum atomic E-state index is 5.97. The van der Waals surface area contributed by atoms with Crippen LogP contribution in [0.15, 0.2) is 18.2 Å². The number of aromatic nitrogens is 2. The first kappa shape index (κ1) is 12.4. The Morgan fingerprint density at radius 2 is 2.12 bits per heavy atom. The summed E-state index contributed by atoms with van der Waals surface area (Å²) in [7, 11) is 0. The summed E-state index contributed by atoms with van der Waals surface area (Å²) in [5.41, 5.74) is 3.55. The Morgan fingerprint density at radius 1 is 1.29 bits per heavy atom. The fourth-order valence-electron chi connectivity index (χ4n) is 2.15. The van der Waals surface area contributed by atoms with Crippen molar-refractivity contribution in [2.24, 2.45) is 0 Å². The quantitative estimate of drug-likeness (QED) is 0.572. The highest BCUT2D eigenvalue weighted by atomic mass is 35.5. The number of halogens is 1. The van der Waals surface area contributed by atoms with Gasteiger partial charge in [-0.15, -0.1) is 11.6 Å². The summed E-state index contributed by atoms with van der Waals surface area (Å²) in [6.45, 7) is 5.36. The minimum absolute atomic E-state index is 0.486. The van der Waals surface area contributed by atoms with E-state index in [0.717, 1.165) is 17.9 Å². The van der Waals surface area contributed by atoms with E-state index in [2.05, 4.69) is 41.6 Å². The molecule has 92 valence electrons. The molecule has 0 radical (unpaired) electrons. The Kier molecular flexibility index (Phi) is 4.06. The number of alkyl halides is 1. The minimum atomic E-state index is 0.486. The first-order valence-corrected chi connectivity index (χ1v) is 6.81. The number of imidazole rings is 1. The highest BCUT2D eigenvalue weighted by molar-refractivity contribution is 6.16. The molecule has 3 heteroatoms. The molecular weight excluding hydrogens is 232 g/mol.